The van der Waals surface area contributed by atoms with Gasteiger partial charge < -0.3 is 4.74 Å². The molecule has 6 heteroatoms. The van der Waals surface area contributed by atoms with Gasteiger partial charge in [-0.2, -0.15) is 0 Å². The van der Waals surface area contributed by atoms with Crippen molar-refractivity contribution in [2.75, 3.05) is 13.7 Å². The minimum Gasteiger partial charge on any atom is -0.497 e. The predicted molar refractivity (Wildman–Crippen MR) is 95.4 cm³/mol. The van der Waals surface area contributed by atoms with Gasteiger partial charge in [-0.05, 0) is 49.1 Å². The molecule has 1 saturated carbocycles. The molecular formula is C19H21NO4S. The summed E-state index contributed by atoms with van der Waals surface area (Å²) >= 11 is 0. The number of Topliss-reactive ketones (excluding diaryl/α,β-unsaturated/α-hetero) is 1. The van der Waals surface area contributed by atoms with Crippen molar-refractivity contribution in [1.82, 2.24) is 4.72 Å². The van der Waals surface area contributed by atoms with Crippen LogP contribution in [0.25, 0.3) is 0 Å². The van der Waals surface area contributed by atoms with Crippen molar-refractivity contribution in [3.05, 3.63) is 59.7 Å². The Balaban J connectivity index is 1.60. The second kappa shape index (κ2) is 7.37. The van der Waals surface area contributed by atoms with Crippen molar-refractivity contribution < 1.29 is 17.9 Å². The summed E-state index contributed by atoms with van der Waals surface area (Å²) < 4.78 is 32.5. The first-order valence-corrected chi connectivity index (χ1v) is 9.75. The molecule has 5 nitrogen and oxygen atoms in total. The first-order valence-electron chi connectivity index (χ1n) is 8.26. The van der Waals surface area contributed by atoms with Crippen molar-refractivity contribution in [3.63, 3.8) is 0 Å². The highest BCUT2D eigenvalue weighted by Gasteiger charge is 2.30. The van der Waals surface area contributed by atoms with Gasteiger partial charge in [0, 0.05) is 18.0 Å². The predicted octanol–water partition coefficient (Wildman–Crippen LogP) is 2.81. The normalized spacial score (nSPS) is 14.3. The van der Waals surface area contributed by atoms with Gasteiger partial charge in [0.1, 0.15) is 5.75 Å². The third-order valence-electron chi connectivity index (χ3n) is 4.24. The van der Waals surface area contributed by atoms with E-state index in [0.717, 1.165) is 24.2 Å². The molecule has 3 rings (SSSR count). The van der Waals surface area contributed by atoms with Gasteiger partial charge in [-0.15, -0.1) is 0 Å². The van der Waals surface area contributed by atoms with Crippen LogP contribution in [0.15, 0.2) is 53.4 Å². The van der Waals surface area contributed by atoms with Crippen LogP contribution >= 0.6 is 0 Å². The molecular weight excluding hydrogens is 338 g/mol. The lowest BCUT2D eigenvalue weighted by Gasteiger charge is -2.08. The SMILES string of the molecule is COc1cccc(CCNS(=O)(=O)c2ccc(C(=O)C3CC3)cc2)c1. The van der Waals surface area contributed by atoms with Gasteiger partial charge >= 0.3 is 0 Å². The summed E-state index contributed by atoms with van der Waals surface area (Å²) in [6, 6.07) is 13.7. The Morgan fingerprint density at radius 1 is 1.16 bits per heavy atom. The van der Waals surface area contributed by atoms with Gasteiger partial charge in [-0.3, -0.25) is 4.79 Å². The number of hydrogen-bond donors (Lipinski definition) is 1. The van der Waals surface area contributed by atoms with Crippen LogP contribution in [0.3, 0.4) is 0 Å². The molecule has 132 valence electrons. The summed E-state index contributed by atoms with van der Waals surface area (Å²) in [6.45, 7) is 0.290. The summed E-state index contributed by atoms with van der Waals surface area (Å²) in [7, 11) is -1.99. The van der Waals surface area contributed by atoms with Gasteiger partial charge in [0.15, 0.2) is 5.78 Å². The standard InChI is InChI=1S/C19H21NO4S/c1-24-17-4-2-3-14(13-17)11-12-20-25(22,23)18-9-7-16(8-10-18)19(21)15-5-6-15/h2-4,7-10,13,15,20H,5-6,11-12H2,1H3. The number of methoxy groups -OCH3 is 1. The Hall–Kier alpha value is -2.18. The lowest BCUT2D eigenvalue weighted by atomic mass is 10.1. The number of benzene rings is 2. The van der Waals surface area contributed by atoms with E-state index in [2.05, 4.69) is 4.72 Å². The van der Waals surface area contributed by atoms with E-state index in [4.69, 9.17) is 4.74 Å². The van der Waals surface area contributed by atoms with Crippen LogP contribution in [0, 0.1) is 5.92 Å². The molecule has 0 atom stereocenters. The Morgan fingerprint density at radius 2 is 1.88 bits per heavy atom. The summed E-state index contributed by atoms with van der Waals surface area (Å²) in [6.07, 6.45) is 2.43. The molecule has 0 bridgehead atoms. The van der Waals surface area contributed by atoms with Crippen molar-refractivity contribution in [2.45, 2.75) is 24.2 Å². The molecule has 1 N–H and O–H groups in total. The Labute approximate surface area is 148 Å². The molecule has 0 spiro atoms. The zero-order valence-corrected chi connectivity index (χ0v) is 14.9. The number of ketones is 1. The van der Waals surface area contributed by atoms with Gasteiger partial charge in [0.05, 0.1) is 12.0 Å². The molecule has 2 aromatic carbocycles. The van der Waals surface area contributed by atoms with Gasteiger partial charge in [0.25, 0.3) is 0 Å². The molecule has 0 aliphatic heterocycles. The number of rotatable bonds is 8. The van der Waals surface area contributed by atoms with E-state index in [9.17, 15) is 13.2 Å². The highest BCUT2D eigenvalue weighted by Crippen LogP contribution is 2.32. The van der Waals surface area contributed by atoms with Gasteiger partial charge in [-0.1, -0.05) is 24.3 Å². The van der Waals surface area contributed by atoms with Crippen LogP contribution in [0.5, 0.6) is 5.75 Å². The number of carbonyl (C=O) groups is 1. The first-order chi connectivity index (χ1) is 12.0. The number of carbonyl (C=O) groups excluding carboxylic acids is 1. The van der Waals surface area contributed by atoms with Crippen LogP contribution in [0.1, 0.15) is 28.8 Å². The van der Waals surface area contributed by atoms with E-state index < -0.39 is 10.0 Å². The molecule has 25 heavy (non-hydrogen) atoms. The van der Waals surface area contributed by atoms with E-state index in [1.54, 1.807) is 19.2 Å². The molecule has 1 aliphatic rings. The molecule has 1 fully saturated rings. The summed E-state index contributed by atoms with van der Waals surface area (Å²) in [5.74, 6) is 0.981. The molecule has 0 radical (unpaired) electrons. The van der Waals surface area contributed by atoms with E-state index >= 15 is 0 Å². The monoisotopic (exact) mass is 359 g/mol. The summed E-state index contributed by atoms with van der Waals surface area (Å²) in [5, 5.41) is 0. The van der Waals surface area contributed by atoms with Crippen LogP contribution < -0.4 is 9.46 Å². The summed E-state index contributed by atoms with van der Waals surface area (Å²) in [5.41, 5.74) is 1.57. The Morgan fingerprint density at radius 3 is 2.52 bits per heavy atom. The van der Waals surface area contributed by atoms with Crippen molar-refractivity contribution >= 4 is 15.8 Å². The van der Waals surface area contributed by atoms with E-state index in [-0.39, 0.29) is 23.1 Å². The molecule has 0 unspecified atom stereocenters. The Kier molecular flexibility index (Phi) is 5.20. The first kappa shape index (κ1) is 17.6. The largest absolute Gasteiger partial charge is 0.497 e. The maximum atomic E-state index is 12.4. The third-order valence-corrected chi connectivity index (χ3v) is 5.71. The van der Waals surface area contributed by atoms with Crippen molar-refractivity contribution in [1.29, 1.82) is 0 Å². The number of sulfonamides is 1. The average Bonchev–Trinajstić information content (AvgIpc) is 3.46. The fourth-order valence-electron chi connectivity index (χ4n) is 2.62. The fraction of sp³-hybridized carbons (Fsp3) is 0.316. The summed E-state index contributed by atoms with van der Waals surface area (Å²) in [4.78, 5) is 12.1. The van der Waals surface area contributed by atoms with Crippen LogP contribution in [0.4, 0.5) is 0 Å². The zero-order chi connectivity index (χ0) is 17.9. The number of nitrogens with one attached hydrogen (secondary N) is 1. The minimum atomic E-state index is -3.59. The van der Waals surface area contributed by atoms with E-state index in [1.807, 2.05) is 24.3 Å². The van der Waals surface area contributed by atoms with Crippen molar-refractivity contribution in [2.24, 2.45) is 5.92 Å². The second-order valence-corrected chi connectivity index (χ2v) is 7.93. The van der Waals surface area contributed by atoms with E-state index in [1.165, 1.54) is 12.1 Å². The molecule has 0 heterocycles. The van der Waals surface area contributed by atoms with Gasteiger partial charge in [0.2, 0.25) is 10.0 Å². The number of hydrogen-bond acceptors (Lipinski definition) is 4. The number of ether oxygens (including phenoxy) is 1. The highest BCUT2D eigenvalue weighted by atomic mass is 32.2. The second-order valence-electron chi connectivity index (χ2n) is 6.16. The van der Waals surface area contributed by atoms with Crippen LogP contribution in [-0.4, -0.2) is 27.9 Å². The zero-order valence-electron chi connectivity index (χ0n) is 14.1. The van der Waals surface area contributed by atoms with E-state index in [0.29, 0.717) is 12.0 Å². The molecule has 0 aromatic heterocycles. The molecule has 1 aliphatic carbocycles. The lowest BCUT2D eigenvalue weighted by Crippen LogP contribution is -2.26. The fourth-order valence-corrected chi connectivity index (χ4v) is 3.65. The highest BCUT2D eigenvalue weighted by molar-refractivity contribution is 7.89. The maximum absolute atomic E-state index is 12.4. The Bertz CT molecular complexity index is 855. The minimum absolute atomic E-state index is 0.106. The van der Waals surface area contributed by atoms with Crippen LogP contribution in [-0.2, 0) is 16.4 Å². The third kappa shape index (κ3) is 4.46. The topological polar surface area (TPSA) is 72.5 Å². The van der Waals surface area contributed by atoms with Crippen LogP contribution in [0.2, 0.25) is 0 Å². The maximum Gasteiger partial charge on any atom is 0.240 e. The smallest absolute Gasteiger partial charge is 0.240 e. The van der Waals surface area contributed by atoms with Gasteiger partial charge in [-0.25, -0.2) is 13.1 Å². The molecule has 2 aromatic rings. The molecule has 0 saturated heterocycles. The van der Waals surface area contributed by atoms with Crippen molar-refractivity contribution in [3.8, 4) is 5.75 Å². The quantitative estimate of drug-likeness (QED) is 0.736. The molecule has 0 amide bonds. The average molecular weight is 359 g/mol. The lowest BCUT2D eigenvalue weighted by molar-refractivity contribution is 0.0967.